The van der Waals surface area contributed by atoms with Gasteiger partial charge in [0.25, 0.3) is 0 Å². The Bertz CT molecular complexity index is 540. The Morgan fingerprint density at radius 2 is 2.11 bits per heavy atom. The maximum atomic E-state index is 11.6. The number of hydrogen-bond acceptors (Lipinski definition) is 2. The predicted octanol–water partition coefficient (Wildman–Crippen LogP) is 3.03. The third-order valence-electron chi connectivity index (χ3n) is 2.50. The largest absolute Gasteiger partial charge is 0.444 e. The molecule has 0 fully saturated rings. The van der Waals surface area contributed by atoms with E-state index in [0.717, 1.165) is 16.8 Å². The van der Waals surface area contributed by atoms with Crippen molar-refractivity contribution < 1.29 is 9.53 Å². The number of alkyl carbamates (subject to hydrolysis) is 1. The number of aromatic amines is 2. The van der Waals surface area contributed by atoms with Gasteiger partial charge in [-0.3, -0.25) is 5.10 Å². The highest BCUT2D eigenvalue weighted by Crippen LogP contribution is 2.17. The van der Waals surface area contributed by atoms with Crippen molar-refractivity contribution in [3.63, 3.8) is 0 Å². The van der Waals surface area contributed by atoms with Crippen LogP contribution in [0.15, 0.2) is 30.5 Å². The first kappa shape index (κ1) is 13.3. The number of benzene rings is 1. The molecule has 5 nitrogen and oxygen atoms in total. The fraction of sp³-hybridized carbons (Fsp3) is 0.357. The second-order valence-corrected chi connectivity index (χ2v) is 5.38. The fourth-order valence-corrected chi connectivity index (χ4v) is 1.64. The summed E-state index contributed by atoms with van der Waals surface area (Å²) in [6.07, 6.45) is 1.49. The van der Waals surface area contributed by atoms with E-state index in [0.29, 0.717) is 6.54 Å². The second-order valence-electron chi connectivity index (χ2n) is 5.38. The van der Waals surface area contributed by atoms with Crippen molar-refractivity contribution in [1.29, 1.82) is 0 Å². The Hall–Kier alpha value is -2.17. The van der Waals surface area contributed by atoms with Gasteiger partial charge in [0.05, 0.1) is 5.69 Å². The first-order valence-electron chi connectivity index (χ1n) is 6.22. The number of aromatic nitrogens is 2. The van der Waals surface area contributed by atoms with Crippen molar-refractivity contribution >= 4 is 6.09 Å². The Balaban J connectivity index is 1.92. The molecule has 1 aromatic carbocycles. The minimum atomic E-state index is -0.474. The molecule has 0 saturated heterocycles. The standard InChI is InChI=1S/C14H19N3O2/c1-14(2,3)19-13(18)15-8-10-5-4-6-11(7-10)12-9-16-17-12/h4-7,9,16-17H,8H2,1-3H3,(H,15,18). The molecule has 102 valence electrons. The van der Waals surface area contributed by atoms with E-state index in [4.69, 9.17) is 4.74 Å². The lowest BCUT2D eigenvalue weighted by atomic mass is 10.1. The molecule has 3 N–H and O–H groups in total. The molecule has 1 aromatic heterocycles. The molecule has 0 aliphatic carbocycles. The summed E-state index contributed by atoms with van der Waals surface area (Å²) < 4.78 is 5.19. The summed E-state index contributed by atoms with van der Waals surface area (Å²) in [4.78, 5) is 11.6. The molecule has 0 radical (unpaired) electrons. The number of carbonyl (C=O) groups excluding carboxylic acids is 1. The monoisotopic (exact) mass is 261 g/mol. The zero-order valence-corrected chi connectivity index (χ0v) is 11.4. The van der Waals surface area contributed by atoms with E-state index in [1.54, 1.807) is 0 Å². The van der Waals surface area contributed by atoms with Crippen molar-refractivity contribution in [3.8, 4) is 11.3 Å². The summed E-state index contributed by atoms with van der Waals surface area (Å²) in [6.45, 7) is 5.97. The first-order chi connectivity index (χ1) is 8.94. The van der Waals surface area contributed by atoms with Crippen LogP contribution >= 0.6 is 0 Å². The molecule has 0 aliphatic rings. The molecule has 0 bridgehead atoms. The molecule has 0 aliphatic heterocycles. The topological polar surface area (TPSA) is 69.9 Å². The molecule has 0 saturated carbocycles. The summed E-state index contributed by atoms with van der Waals surface area (Å²) in [5.74, 6) is 0. The zero-order valence-electron chi connectivity index (χ0n) is 11.4. The highest BCUT2D eigenvalue weighted by Gasteiger charge is 2.15. The van der Waals surface area contributed by atoms with Gasteiger partial charge in [-0.05, 0) is 32.4 Å². The fourth-order valence-electron chi connectivity index (χ4n) is 1.64. The number of ether oxygens (including phenoxy) is 1. The summed E-state index contributed by atoms with van der Waals surface area (Å²) in [5.41, 5.74) is 2.68. The number of rotatable bonds is 3. The third kappa shape index (κ3) is 3.91. The van der Waals surface area contributed by atoms with Gasteiger partial charge in [-0.2, -0.15) is 0 Å². The summed E-state index contributed by atoms with van der Waals surface area (Å²) >= 11 is 0. The minimum Gasteiger partial charge on any atom is -0.444 e. The predicted molar refractivity (Wildman–Crippen MR) is 73.7 cm³/mol. The normalized spacial score (nSPS) is 11.3. The van der Waals surface area contributed by atoms with E-state index >= 15 is 0 Å². The van der Waals surface area contributed by atoms with E-state index < -0.39 is 11.7 Å². The van der Waals surface area contributed by atoms with Crippen LogP contribution in [-0.2, 0) is 11.3 Å². The molecule has 0 atom stereocenters. The number of H-pyrrole nitrogens is 2. The van der Waals surface area contributed by atoms with Crippen molar-refractivity contribution in [3.05, 3.63) is 36.0 Å². The molecule has 0 spiro atoms. The molecule has 0 unspecified atom stereocenters. The lowest BCUT2D eigenvalue weighted by Crippen LogP contribution is -2.32. The van der Waals surface area contributed by atoms with Crippen LogP contribution in [0.1, 0.15) is 26.3 Å². The Morgan fingerprint density at radius 3 is 2.68 bits per heavy atom. The van der Waals surface area contributed by atoms with Gasteiger partial charge in [0.2, 0.25) is 0 Å². The van der Waals surface area contributed by atoms with Crippen LogP contribution < -0.4 is 5.32 Å². The van der Waals surface area contributed by atoms with Crippen LogP contribution in [-0.4, -0.2) is 21.9 Å². The van der Waals surface area contributed by atoms with Crippen molar-refractivity contribution in [2.45, 2.75) is 32.9 Å². The van der Waals surface area contributed by atoms with Gasteiger partial charge < -0.3 is 15.2 Å². The van der Waals surface area contributed by atoms with Gasteiger partial charge in [0.15, 0.2) is 0 Å². The average Bonchev–Trinajstić information content (AvgIpc) is 2.22. The van der Waals surface area contributed by atoms with Gasteiger partial charge in [-0.1, -0.05) is 18.2 Å². The van der Waals surface area contributed by atoms with Crippen molar-refractivity contribution in [2.24, 2.45) is 0 Å². The van der Waals surface area contributed by atoms with E-state index in [1.165, 1.54) is 0 Å². The van der Waals surface area contributed by atoms with Crippen LogP contribution in [0.4, 0.5) is 4.79 Å². The van der Waals surface area contributed by atoms with Crippen LogP contribution in [0.3, 0.4) is 0 Å². The van der Waals surface area contributed by atoms with Gasteiger partial charge in [0.1, 0.15) is 5.60 Å². The highest BCUT2D eigenvalue weighted by atomic mass is 16.6. The Kier molecular flexibility index (Phi) is 3.64. The molecular weight excluding hydrogens is 242 g/mol. The third-order valence-corrected chi connectivity index (χ3v) is 2.50. The lowest BCUT2D eigenvalue weighted by molar-refractivity contribution is 0.0523. The Labute approximate surface area is 112 Å². The Morgan fingerprint density at radius 1 is 1.37 bits per heavy atom. The van der Waals surface area contributed by atoms with E-state index in [9.17, 15) is 4.79 Å². The van der Waals surface area contributed by atoms with Crippen LogP contribution in [0.2, 0.25) is 0 Å². The van der Waals surface area contributed by atoms with Gasteiger partial charge in [-0.25, -0.2) is 4.79 Å². The highest BCUT2D eigenvalue weighted by molar-refractivity contribution is 5.68. The molecule has 2 rings (SSSR count). The number of carbonyl (C=O) groups is 1. The van der Waals surface area contributed by atoms with Crippen LogP contribution in [0, 0.1) is 0 Å². The molecule has 5 heteroatoms. The van der Waals surface area contributed by atoms with Crippen molar-refractivity contribution in [1.82, 2.24) is 15.5 Å². The van der Waals surface area contributed by atoms with E-state index in [-0.39, 0.29) is 0 Å². The van der Waals surface area contributed by atoms with E-state index in [1.807, 2.05) is 51.2 Å². The zero-order chi connectivity index (χ0) is 13.9. The molecule has 2 aromatic rings. The molecular formula is C14H19N3O2. The first-order valence-corrected chi connectivity index (χ1v) is 6.22. The maximum Gasteiger partial charge on any atom is 0.407 e. The van der Waals surface area contributed by atoms with Gasteiger partial charge in [0, 0.05) is 18.3 Å². The number of nitrogens with one attached hydrogen (secondary N) is 3. The second kappa shape index (κ2) is 5.22. The number of hydrogen-bond donors (Lipinski definition) is 3. The minimum absolute atomic E-state index is 0.402. The lowest BCUT2D eigenvalue weighted by Gasteiger charge is -2.19. The van der Waals surface area contributed by atoms with Gasteiger partial charge >= 0.3 is 6.09 Å². The summed E-state index contributed by atoms with van der Waals surface area (Å²) in [6, 6.07) is 7.96. The molecule has 1 amide bonds. The summed E-state index contributed by atoms with van der Waals surface area (Å²) in [7, 11) is 0. The summed E-state index contributed by atoms with van der Waals surface area (Å²) in [5, 5.41) is 8.58. The van der Waals surface area contributed by atoms with Crippen LogP contribution in [0.5, 0.6) is 0 Å². The van der Waals surface area contributed by atoms with Gasteiger partial charge in [-0.15, -0.1) is 0 Å². The maximum absolute atomic E-state index is 11.6. The number of amides is 1. The smallest absolute Gasteiger partial charge is 0.407 e. The molecule has 1 heterocycles. The molecule has 19 heavy (non-hydrogen) atoms. The quantitative estimate of drug-likeness (QED) is 0.794. The SMILES string of the molecule is CC(C)(C)OC(=O)NCc1cccc(-c2c[nH][nH]2)c1. The van der Waals surface area contributed by atoms with E-state index in [2.05, 4.69) is 15.5 Å². The van der Waals surface area contributed by atoms with Crippen LogP contribution in [0.25, 0.3) is 11.3 Å². The average molecular weight is 261 g/mol. The van der Waals surface area contributed by atoms with Crippen molar-refractivity contribution in [2.75, 3.05) is 0 Å².